The number of ether oxygens (including phenoxy) is 1. The second-order valence-corrected chi connectivity index (χ2v) is 8.01. The van der Waals surface area contributed by atoms with Crippen molar-refractivity contribution < 1.29 is 13.2 Å². The third kappa shape index (κ3) is 4.61. The molecule has 0 unspecified atom stereocenters. The lowest BCUT2D eigenvalue weighted by Crippen LogP contribution is -2.12. The summed E-state index contributed by atoms with van der Waals surface area (Å²) < 4.78 is 35.3. The van der Waals surface area contributed by atoms with Crippen LogP contribution in [-0.2, 0) is 16.8 Å². The van der Waals surface area contributed by atoms with E-state index >= 15 is 0 Å². The van der Waals surface area contributed by atoms with Gasteiger partial charge in [0, 0.05) is 4.47 Å². The van der Waals surface area contributed by atoms with Gasteiger partial charge < -0.3 is 4.74 Å². The van der Waals surface area contributed by atoms with Crippen LogP contribution in [0.2, 0.25) is 0 Å². The molecule has 0 aliphatic heterocycles. The molecule has 0 amide bonds. The Morgan fingerprint density at radius 3 is 2.48 bits per heavy atom. The van der Waals surface area contributed by atoms with E-state index in [1.54, 1.807) is 30.5 Å². The van der Waals surface area contributed by atoms with Crippen molar-refractivity contribution in [1.29, 1.82) is 0 Å². The van der Waals surface area contributed by atoms with E-state index in [0.717, 1.165) is 10.0 Å². The van der Waals surface area contributed by atoms with E-state index in [1.165, 1.54) is 10.9 Å². The maximum Gasteiger partial charge on any atom is 0.261 e. The molecule has 0 saturated carbocycles. The summed E-state index contributed by atoms with van der Waals surface area (Å²) in [5.74, 6) is 0.695. The summed E-state index contributed by atoms with van der Waals surface area (Å²) in [5, 5.41) is 4.10. The summed E-state index contributed by atoms with van der Waals surface area (Å²) in [6.45, 7) is 2.08. The van der Waals surface area contributed by atoms with Gasteiger partial charge in [-0.2, -0.15) is 5.10 Å². The number of aryl methyl sites for hydroxylation is 1. The zero-order valence-corrected chi connectivity index (χ0v) is 15.8. The van der Waals surface area contributed by atoms with Crippen LogP contribution in [0.1, 0.15) is 5.56 Å². The molecule has 0 bridgehead atoms. The molecule has 6 nitrogen and oxygen atoms in total. The summed E-state index contributed by atoms with van der Waals surface area (Å²) in [4.78, 5) is 0.206. The number of rotatable bonds is 6. The Morgan fingerprint density at radius 1 is 1.12 bits per heavy atom. The van der Waals surface area contributed by atoms with E-state index in [4.69, 9.17) is 4.74 Å². The maximum absolute atomic E-state index is 12.3. The second-order valence-electron chi connectivity index (χ2n) is 5.41. The van der Waals surface area contributed by atoms with Gasteiger partial charge in [0.15, 0.2) is 6.73 Å². The van der Waals surface area contributed by atoms with Gasteiger partial charge in [-0.3, -0.25) is 4.72 Å². The highest BCUT2D eigenvalue weighted by Gasteiger charge is 2.14. The fourth-order valence-electron chi connectivity index (χ4n) is 2.09. The van der Waals surface area contributed by atoms with Crippen LogP contribution in [0.15, 0.2) is 70.3 Å². The number of hydrogen-bond donors (Lipinski definition) is 1. The van der Waals surface area contributed by atoms with Gasteiger partial charge in [0.2, 0.25) is 0 Å². The molecule has 130 valence electrons. The lowest BCUT2D eigenvalue weighted by Gasteiger charge is -2.07. The molecule has 0 atom stereocenters. The zero-order chi connectivity index (χ0) is 17.9. The summed E-state index contributed by atoms with van der Waals surface area (Å²) in [5.41, 5.74) is 1.37. The second kappa shape index (κ2) is 7.28. The molecule has 2 aromatic carbocycles. The van der Waals surface area contributed by atoms with E-state index in [-0.39, 0.29) is 11.6 Å². The summed E-state index contributed by atoms with van der Waals surface area (Å²) in [6, 6.07) is 14.0. The fraction of sp³-hybridized carbons (Fsp3) is 0.118. The third-order valence-electron chi connectivity index (χ3n) is 3.39. The first kappa shape index (κ1) is 17.5. The average Bonchev–Trinajstić information content (AvgIpc) is 3.01. The quantitative estimate of drug-likeness (QED) is 0.656. The van der Waals surface area contributed by atoms with E-state index in [2.05, 4.69) is 25.8 Å². The smallest absolute Gasteiger partial charge is 0.261 e. The highest BCUT2D eigenvalue weighted by atomic mass is 79.9. The van der Waals surface area contributed by atoms with Crippen molar-refractivity contribution >= 4 is 31.6 Å². The van der Waals surface area contributed by atoms with Crippen LogP contribution in [0.4, 0.5) is 5.69 Å². The number of sulfonamides is 1. The minimum absolute atomic E-state index is 0.174. The molecule has 1 heterocycles. The highest BCUT2D eigenvalue weighted by Crippen LogP contribution is 2.18. The maximum atomic E-state index is 12.3. The molecule has 25 heavy (non-hydrogen) atoms. The molecule has 8 heteroatoms. The van der Waals surface area contributed by atoms with Crippen LogP contribution < -0.4 is 9.46 Å². The van der Waals surface area contributed by atoms with Crippen LogP contribution in [0.25, 0.3) is 0 Å². The van der Waals surface area contributed by atoms with Gasteiger partial charge in [-0.15, -0.1) is 0 Å². The predicted octanol–water partition coefficient (Wildman–Crippen LogP) is 3.79. The van der Waals surface area contributed by atoms with Crippen molar-refractivity contribution in [1.82, 2.24) is 9.78 Å². The molecule has 3 aromatic rings. The molecule has 1 aromatic heterocycles. The van der Waals surface area contributed by atoms with Crippen molar-refractivity contribution in [3.63, 3.8) is 0 Å². The average molecular weight is 422 g/mol. The highest BCUT2D eigenvalue weighted by molar-refractivity contribution is 9.10. The fourth-order valence-corrected chi connectivity index (χ4v) is 3.38. The molecule has 0 saturated heterocycles. The Bertz CT molecular complexity index is 952. The standard InChI is InChI=1S/C17H16BrN3O3S/c1-13-2-8-17(9-3-13)25(22,23)20-15-10-19-21(11-15)12-24-16-6-4-14(18)5-7-16/h2-11,20H,12H2,1H3. The molecule has 0 fully saturated rings. The molecule has 1 N–H and O–H groups in total. The van der Waals surface area contributed by atoms with Crippen LogP contribution in [-0.4, -0.2) is 18.2 Å². The zero-order valence-electron chi connectivity index (χ0n) is 13.4. The van der Waals surface area contributed by atoms with Gasteiger partial charge in [-0.1, -0.05) is 33.6 Å². The first-order valence-corrected chi connectivity index (χ1v) is 9.70. The Hall–Kier alpha value is -2.32. The van der Waals surface area contributed by atoms with Crippen LogP contribution in [0, 0.1) is 6.92 Å². The van der Waals surface area contributed by atoms with Gasteiger partial charge in [0.1, 0.15) is 5.75 Å². The van der Waals surface area contributed by atoms with Crippen molar-refractivity contribution in [2.75, 3.05) is 4.72 Å². The minimum Gasteiger partial charge on any atom is -0.471 e. The number of hydrogen-bond acceptors (Lipinski definition) is 4. The number of benzene rings is 2. The monoisotopic (exact) mass is 421 g/mol. The van der Waals surface area contributed by atoms with Gasteiger partial charge >= 0.3 is 0 Å². The van der Waals surface area contributed by atoms with Gasteiger partial charge in [-0.05, 0) is 43.3 Å². The van der Waals surface area contributed by atoms with Gasteiger partial charge in [0.25, 0.3) is 10.0 Å². The third-order valence-corrected chi connectivity index (χ3v) is 5.32. The van der Waals surface area contributed by atoms with Crippen molar-refractivity contribution in [3.05, 3.63) is 71.0 Å². The van der Waals surface area contributed by atoms with E-state index in [9.17, 15) is 8.42 Å². The first-order valence-electron chi connectivity index (χ1n) is 7.43. The minimum atomic E-state index is -3.64. The van der Waals surface area contributed by atoms with Crippen molar-refractivity contribution in [3.8, 4) is 5.75 Å². The molecule has 0 aliphatic carbocycles. The Kier molecular flexibility index (Phi) is 5.10. The SMILES string of the molecule is Cc1ccc(S(=O)(=O)Nc2cnn(COc3ccc(Br)cc3)c2)cc1. The summed E-state index contributed by atoms with van der Waals surface area (Å²) >= 11 is 3.36. The largest absolute Gasteiger partial charge is 0.471 e. The predicted molar refractivity (Wildman–Crippen MR) is 99.0 cm³/mol. The van der Waals surface area contributed by atoms with Crippen molar-refractivity contribution in [2.45, 2.75) is 18.6 Å². The molecular weight excluding hydrogens is 406 g/mol. The number of nitrogens with one attached hydrogen (secondary N) is 1. The normalized spacial score (nSPS) is 11.3. The van der Waals surface area contributed by atoms with E-state index < -0.39 is 10.0 Å². The Morgan fingerprint density at radius 2 is 1.80 bits per heavy atom. The molecular formula is C17H16BrN3O3S. The van der Waals surface area contributed by atoms with Gasteiger partial charge in [-0.25, -0.2) is 13.1 Å². The molecule has 0 aliphatic rings. The van der Waals surface area contributed by atoms with Crippen LogP contribution >= 0.6 is 15.9 Å². The number of anilines is 1. The van der Waals surface area contributed by atoms with Crippen LogP contribution in [0.3, 0.4) is 0 Å². The van der Waals surface area contributed by atoms with E-state index in [1.807, 2.05) is 31.2 Å². The lowest BCUT2D eigenvalue weighted by atomic mass is 10.2. The van der Waals surface area contributed by atoms with Gasteiger partial charge in [0.05, 0.1) is 23.0 Å². The lowest BCUT2D eigenvalue weighted by molar-refractivity contribution is 0.221. The van der Waals surface area contributed by atoms with Crippen LogP contribution in [0.5, 0.6) is 5.75 Å². The number of halogens is 1. The summed E-state index contributed by atoms with van der Waals surface area (Å²) in [6.07, 6.45) is 3.02. The first-order chi connectivity index (χ1) is 11.9. The Labute approximate surface area is 154 Å². The topological polar surface area (TPSA) is 73.2 Å². The molecule has 0 radical (unpaired) electrons. The number of aromatic nitrogens is 2. The molecule has 0 spiro atoms. The summed E-state index contributed by atoms with van der Waals surface area (Å²) in [7, 11) is -3.64. The number of nitrogens with zero attached hydrogens (tertiary/aromatic N) is 2. The Balaban J connectivity index is 1.64. The molecule has 3 rings (SSSR count). The van der Waals surface area contributed by atoms with E-state index in [0.29, 0.717) is 11.4 Å². The van der Waals surface area contributed by atoms with Crippen molar-refractivity contribution in [2.24, 2.45) is 0 Å².